The largest absolute Gasteiger partial charge is 0.457 e. The summed E-state index contributed by atoms with van der Waals surface area (Å²) in [6, 6.07) is 39.9. The lowest BCUT2D eigenvalue weighted by molar-refractivity contribution is -0.137. The van der Waals surface area contributed by atoms with Crippen molar-refractivity contribution in [2.45, 2.75) is 6.18 Å². The zero-order chi connectivity index (χ0) is 38.8. The minimum Gasteiger partial charge on any atom is -0.457 e. The lowest BCUT2D eigenvalue weighted by atomic mass is 9.89. The molecule has 268 valence electrons. The average molecular weight is 735 g/mol. The van der Waals surface area contributed by atoms with Crippen molar-refractivity contribution in [2.24, 2.45) is 0 Å². The van der Waals surface area contributed by atoms with Gasteiger partial charge in [-0.05, 0) is 131 Å². The van der Waals surface area contributed by atoms with Crippen molar-refractivity contribution in [3.8, 4) is 64.2 Å². The Kier molecular flexibility index (Phi) is 9.30. The van der Waals surface area contributed by atoms with Gasteiger partial charge >= 0.3 is 6.18 Å². The van der Waals surface area contributed by atoms with E-state index in [-0.39, 0.29) is 6.79 Å². The molecule has 0 spiro atoms. The van der Waals surface area contributed by atoms with Gasteiger partial charge in [0.05, 0.1) is 22.8 Å². The number of anilines is 1. The van der Waals surface area contributed by atoms with E-state index in [9.17, 15) is 18.4 Å². The fraction of sp³-hybridized carbons (Fsp3) is 0.0816. The molecule has 7 aromatic carbocycles. The van der Waals surface area contributed by atoms with E-state index in [1.54, 1.807) is 24.3 Å². The first-order chi connectivity index (χ1) is 27.1. The predicted octanol–water partition coefficient (Wildman–Crippen LogP) is 10.5. The monoisotopic (exact) mass is 734 g/mol. The van der Waals surface area contributed by atoms with Crippen LogP contribution in [0.4, 0.5) is 18.9 Å². The Morgan fingerprint density at radius 3 is 1.66 bits per heavy atom. The van der Waals surface area contributed by atoms with Crippen molar-refractivity contribution in [3.63, 3.8) is 0 Å². The Morgan fingerprint density at radius 2 is 1.05 bits per heavy atom. The number of hydrogen-bond donors (Lipinski definition) is 0. The number of rotatable bonds is 1. The summed E-state index contributed by atoms with van der Waals surface area (Å²) in [5.41, 5.74) is 6.86. The van der Waals surface area contributed by atoms with Crippen LogP contribution in [0.25, 0.3) is 32.7 Å². The highest BCUT2D eigenvalue weighted by molar-refractivity contribution is 6.11. The van der Waals surface area contributed by atoms with Gasteiger partial charge in [-0.2, -0.15) is 18.4 Å². The summed E-state index contributed by atoms with van der Waals surface area (Å²) in [7, 11) is 4.01. The lowest BCUT2D eigenvalue weighted by Gasteiger charge is -2.16. The smallest absolute Gasteiger partial charge is 0.416 e. The van der Waals surface area contributed by atoms with Gasteiger partial charge in [0, 0.05) is 58.7 Å². The number of benzene rings is 7. The highest BCUT2D eigenvalue weighted by Crippen LogP contribution is 2.48. The van der Waals surface area contributed by atoms with Gasteiger partial charge in [-0.1, -0.05) is 53.7 Å². The Hall–Kier alpha value is -7.58. The molecule has 0 atom stereocenters. The zero-order valence-electron chi connectivity index (χ0n) is 30.2. The number of nitrogens with zero attached hydrogens (tertiary/aromatic N) is 2. The summed E-state index contributed by atoms with van der Waals surface area (Å²) in [5.74, 6) is 20.5. The molecule has 0 aliphatic carbocycles. The maximum absolute atomic E-state index is 13.1. The van der Waals surface area contributed by atoms with Gasteiger partial charge in [0.2, 0.25) is 6.79 Å². The van der Waals surface area contributed by atoms with E-state index in [0.717, 1.165) is 67.2 Å². The molecule has 4 nitrogen and oxygen atoms in total. The number of alkyl halides is 3. The molecular formula is C49H29F3N2O2. The topological polar surface area (TPSA) is 45.5 Å². The lowest BCUT2D eigenvalue weighted by Crippen LogP contribution is -2.07. The Balaban J connectivity index is 1.26. The van der Waals surface area contributed by atoms with Crippen LogP contribution in [0.15, 0.2) is 127 Å². The summed E-state index contributed by atoms with van der Waals surface area (Å²) in [6.45, 7) is -0.0323. The minimum atomic E-state index is -4.42. The molecule has 7 aromatic rings. The second-order valence-corrected chi connectivity index (χ2v) is 13.3. The molecule has 1 aliphatic rings. The SMILES string of the molecule is CN(C)c1ccc(C#Cc2ccc3c4c(ccc3c2)OCOc2c(C#Cc3ccc(C#N)cc3)cc3cc(C#Cc5ccc(C(F)(F)F)cc5)ccc3c2-4)cc1. The predicted molar refractivity (Wildman–Crippen MR) is 214 cm³/mol. The van der Waals surface area contributed by atoms with E-state index in [4.69, 9.17) is 9.47 Å². The van der Waals surface area contributed by atoms with Crippen molar-refractivity contribution in [2.75, 3.05) is 25.8 Å². The van der Waals surface area contributed by atoms with Crippen LogP contribution in [0.5, 0.6) is 11.5 Å². The van der Waals surface area contributed by atoms with Crippen LogP contribution < -0.4 is 14.4 Å². The molecule has 0 N–H and O–H groups in total. The van der Waals surface area contributed by atoms with Gasteiger partial charge in [0.1, 0.15) is 11.5 Å². The molecule has 0 bridgehead atoms. The fourth-order valence-electron chi connectivity index (χ4n) is 6.52. The molecule has 7 heteroatoms. The molecule has 1 heterocycles. The molecule has 56 heavy (non-hydrogen) atoms. The number of halogens is 3. The number of fused-ring (bicyclic) bond motifs is 7. The third-order valence-corrected chi connectivity index (χ3v) is 9.40. The van der Waals surface area contributed by atoms with Gasteiger partial charge < -0.3 is 14.4 Å². The normalized spacial score (nSPS) is 11.4. The van der Waals surface area contributed by atoms with Crippen molar-refractivity contribution >= 4 is 27.2 Å². The van der Waals surface area contributed by atoms with Crippen LogP contribution in [0.3, 0.4) is 0 Å². The van der Waals surface area contributed by atoms with E-state index in [0.29, 0.717) is 33.8 Å². The van der Waals surface area contributed by atoms with Gasteiger partial charge in [0.15, 0.2) is 0 Å². The molecule has 0 fully saturated rings. The molecular weight excluding hydrogens is 706 g/mol. The summed E-state index contributed by atoms with van der Waals surface area (Å²) >= 11 is 0. The number of hydrogen-bond acceptors (Lipinski definition) is 4. The third-order valence-electron chi connectivity index (χ3n) is 9.40. The van der Waals surface area contributed by atoms with Crippen LogP contribution in [-0.4, -0.2) is 20.9 Å². The van der Waals surface area contributed by atoms with Crippen LogP contribution >= 0.6 is 0 Å². The molecule has 0 amide bonds. The zero-order valence-corrected chi connectivity index (χ0v) is 30.2. The molecule has 8 rings (SSSR count). The van der Waals surface area contributed by atoms with Crippen LogP contribution in [0.1, 0.15) is 44.5 Å². The van der Waals surface area contributed by atoms with Gasteiger partial charge in [0.25, 0.3) is 0 Å². The van der Waals surface area contributed by atoms with Gasteiger partial charge in [-0.25, -0.2) is 0 Å². The molecule has 0 aromatic heterocycles. The first-order valence-electron chi connectivity index (χ1n) is 17.6. The summed E-state index contributed by atoms with van der Waals surface area (Å²) in [4.78, 5) is 2.05. The summed E-state index contributed by atoms with van der Waals surface area (Å²) < 4.78 is 51.9. The van der Waals surface area contributed by atoms with E-state index in [1.807, 2.05) is 85.7 Å². The van der Waals surface area contributed by atoms with Crippen molar-refractivity contribution < 1.29 is 22.6 Å². The fourth-order valence-corrected chi connectivity index (χ4v) is 6.52. The Bertz CT molecular complexity index is 2910. The average Bonchev–Trinajstić information content (AvgIpc) is 3.41. The second kappa shape index (κ2) is 14.7. The Morgan fingerprint density at radius 1 is 0.536 bits per heavy atom. The maximum Gasteiger partial charge on any atom is 0.416 e. The van der Waals surface area contributed by atoms with E-state index < -0.39 is 11.7 Å². The maximum atomic E-state index is 13.1. The van der Waals surface area contributed by atoms with Crippen LogP contribution in [-0.2, 0) is 6.18 Å². The van der Waals surface area contributed by atoms with Crippen molar-refractivity contribution in [1.82, 2.24) is 0 Å². The summed E-state index contributed by atoms with van der Waals surface area (Å²) in [5, 5.41) is 12.9. The number of nitriles is 1. The second-order valence-electron chi connectivity index (χ2n) is 13.3. The first kappa shape index (κ1) is 35.4. The third kappa shape index (κ3) is 7.31. The molecule has 0 saturated carbocycles. The van der Waals surface area contributed by atoms with Crippen LogP contribution in [0, 0.1) is 46.9 Å². The highest BCUT2D eigenvalue weighted by Gasteiger charge is 2.30. The first-order valence-corrected chi connectivity index (χ1v) is 17.6. The van der Waals surface area contributed by atoms with Gasteiger partial charge in [-0.15, -0.1) is 0 Å². The molecule has 1 aliphatic heterocycles. The standard InChI is InChI=1S/C49H29F3N2O2/c1-54(2)42-22-14-34(15-23-42)4-7-35-16-24-43-38(27-35)19-26-45-46(43)47-44-25-17-36(8-3-33-12-20-41(21-13-33)49(50,51)52)28-40(44)29-39(48(47)56-31-55-45)18-11-32-5-9-37(30-53)10-6-32/h5-6,9-10,12-17,19-29H,31H2,1-2H3. The summed E-state index contributed by atoms with van der Waals surface area (Å²) in [6.07, 6.45) is -4.42. The van der Waals surface area contributed by atoms with Crippen molar-refractivity contribution in [1.29, 1.82) is 5.26 Å². The molecule has 0 unspecified atom stereocenters. The highest BCUT2D eigenvalue weighted by atomic mass is 19.4. The molecule has 0 saturated heterocycles. The quantitative estimate of drug-likeness (QED) is 0.158. The van der Waals surface area contributed by atoms with E-state index in [2.05, 4.69) is 53.7 Å². The van der Waals surface area contributed by atoms with Crippen molar-refractivity contribution in [3.05, 3.63) is 172 Å². The van der Waals surface area contributed by atoms with E-state index in [1.165, 1.54) is 12.1 Å². The molecule has 0 radical (unpaired) electrons. The van der Waals surface area contributed by atoms with E-state index >= 15 is 0 Å². The van der Waals surface area contributed by atoms with Crippen LogP contribution in [0.2, 0.25) is 0 Å². The number of ether oxygens (including phenoxy) is 2. The minimum absolute atomic E-state index is 0.0323. The Labute approximate surface area is 322 Å². The van der Waals surface area contributed by atoms with Gasteiger partial charge in [-0.3, -0.25) is 0 Å².